The molecule has 0 aromatic rings. The normalized spacial score (nSPS) is 58.9. The van der Waals surface area contributed by atoms with Crippen LogP contribution in [0.2, 0.25) is 0 Å². The zero-order chi connectivity index (χ0) is 11.8. The van der Waals surface area contributed by atoms with E-state index in [2.05, 4.69) is 13.8 Å². The van der Waals surface area contributed by atoms with Crippen molar-refractivity contribution in [2.75, 3.05) is 0 Å². The summed E-state index contributed by atoms with van der Waals surface area (Å²) >= 11 is 0. The summed E-state index contributed by atoms with van der Waals surface area (Å²) in [6, 6.07) is 0. The molecule has 1 N–H and O–H groups in total. The molecule has 2 atom stereocenters. The fourth-order valence-electron chi connectivity index (χ4n) is 5.76. The van der Waals surface area contributed by atoms with E-state index >= 15 is 0 Å². The lowest BCUT2D eigenvalue weighted by Crippen LogP contribution is -2.67. The predicted octanol–water partition coefficient (Wildman–Crippen LogP) is 2.13. The predicted molar refractivity (Wildman–Crippen MR) is 58.6 cm³/mol. The van der Waals surface area contributed by atoms with Gasteiger partial charge in [-0.3, -0.25) is 10.1 Å². The van der Waals surface area contributed by atoms with Crippen molar-refractivity contribution in [3.05, 3.63) is 10.1 Å². The van der Waals surface area contributed by atoms with E-state index in [1.165, 1.54) is 0 Å². The summed E-state index contributed by atoms with van der Waals surface area (Å²) in [5.74, 6) is 0. The maximum absolute atomic E-state index is 11.4. The van der Waals surface area contributed by atoms with Gasteiger partial charge in [0.1, 0.15) is 0 Å². The molecule has 0 heterocycles. The second kappa shape index (κ2) is 2.45. The van der Waals surface area contributed by atoms with Crippen molar-refractivity contribution < 1.29 is 10.0 Å². The molecule has 0 radical (unpaired) electrons. The molecule has 90 valence electrons. The minimum absolute atomic E-state index is 0.0225. The Morgan fingerprint density at radius 1 is 1.00 bits per heavy atom. The SMILES string of the molecule is CC12CC3(C)CC(O)(C1)CC([N+](=O)[O-])(C2)C3. The Hall–Kier alpha value is -0.640. The molecule has 4 rings (SSSR count). The molecular weight excluding hydrogens is 206 g/mol. The van der Waals surface area contributed by atoms with Crippen LogP contribution in [0.1, 0.15) is 52.4 Å². The molecule has 16 heavy (non-hydrogen) atoms. The topological polar surface area (TPSA) is 63.4 Å². The fraction of sp³-hybridized carbons (Fsp3) is 1.00. The zero-order valence-electron chi connectivity index (χ0n) is 9.95. The first-order valence-corrected chi connectivity index (χ1v) is 6.06. The van der Waals surface area contributed by atoms with Crippen molar-refractivity contribution >= 4 is 0 Å². The van der Waals surface area contributed by atoms with Crippen LogP contribution in [0.3, 0.4) is 0 Å². The number of rotatable bonds is 1. The van der Waals surface area contributed by atoms with Crippen LogP contribution in [0, 0.1) is 20.9 Å². The Bertz CT molecular complexity index is 325. The molecule has 4 fully saturated rings. The van der Waals surface area contributed by atoms with E-state index in [1.807, 2.05) is 0 Å². The van der Waals surface area contributed by atoms with Crippen molar-refractivity contribution in [1.82, 2.24) is 0 Å². The van der Waals surface area contributed by atoms with Crippen LogP contribution in [0.15, 0.2) is 0 Å². The third kappa shape index (κ3) is 1.19. The molecular formula is C12H19NO3. The molecule has 4 nitrogen and oxygen atoms in total. The number of aliphatic hydroxyl groups is 1. The highest BCUT2D eigenvalue weighted by Crippen LogP contribution is 2.68. The molecule has 0 aromatic heterocycles. The van der Waals surface area contributed by atoms with E-state index < -0.39 is 11.1 Å². The lowest BCUT2D eigenvalue weighted by atomic mass is 9.41. The lowest BCUT2D eigenvalue weighted by molar-refractivity contribution is -0.599. The molecule has 0 amide bonds. The molecule has 0 aliphatic heterocycles. The summed E-state index contributed by atoms with van der Waals surface area (Å²) in [5.41, 5.74) is -1.66. The average molecular weight is 225 g/mol. The van der Waals surface area contributed by atoms with Crippen LogP contribution in [-0.4, -0.2) is 21.2 Å². The van der Waals surface area contributed by atoms with Crippen LogP contribution in [0.5, 0.6) is 0 Å². The summed E-state index contributed by atoms with van der Waals surface area (Å²) < 4.78 is 0. The zero-order valence-corrected chi connectivity index (χ0v) is 9.95. The maximum Gasteiger partial charge on any atom is 0.226 e. The van der Waals surface area contributed by atoms with Crippen molar-refractivity contribution in [1.29, 1.82) is 0 Å². The van der Waals surface area contributed by atoms with Gasteiger partial charge in [-0.15, -0.1) is 0 Å². The molecule has 4 saturated carbocycles. The second-order valence-corrected chi connectivity index (χ2v) is 7.39. The number of hydrogen-bond acceptors (Lipinski definition) is 3. The second-order valence-electron chi connectivity index (χ2n) is 7.39. The van der Waals surface area contributed by atoms with E-state index in [4.69, 9.17) is 0 Å². The van der Waals surface area contributed by atoms with Gasteiger partial charge in [-0.2, -0.15) is 0 Å². The first kappa shape index (κ1) is 10.5. The van der Waals surface area contributed by atoms with Crippen LogP contribution in [0.4, 0.5) is 0 Å². The number of hydrogen-bond donors (Lipinski definition) is 1. The van der Waals surface area contributed by atoms with Crippen molar-refractivity contribution in [3.8, 4) is 0 Å². The summed E-state index contributed by atoms with van der Waals surface area (Å²) in [7, 11) is 0. The van der Waals surface area contributed by atoms with Gasteiger partial charge in [-0.05, 0) is 30.1 Å². The molecule has 0 aromatic carbocycles. The van der Waals surface area contributed by atoms with E-state index in [1.54, 1.807) is 0 Å². The van der Waals surface area contributed by atoms with Crippen LogP contribution in [0.25, 0.3) is 0 Å². The molecule has 0 saturated heterocycles. The van der Waals surface area contributed by atoms with Crippen molar-refractivity contribution in [2.24, 2.45) is 10.8 Å². The average Bonchev–Trinajstić information content (AvgIpc) is 1.92. The summed E-state index contributed by atoms with van der Waals surface area (Å²) in [6.45, 7) is 4.23. The maximum atomic E-state index is 11.4. The first-order valence-electron chi connectivity index (χ1n) is 6.06. The van der Waals surface area contributed by atoms with Gasteiger partial charge < -0.3 is 5.11 Å². The van der Waals surface area contributed by atoms with Crippen LogP contribution >= 0.6 is 0 Å². The van der Waals surface area contributed by atoms with Gasteiger partial charge in [0, 0.05) is 24.2 Å². The molecule has 4 aliphatic rings. The van der Waals surface area contributed by atoms with Gasteiger partial charge in [-0.25, -0.2) is 0 Å². The Morgan fingerprint density at radius 3 is 1.88 bits per heavy atom. The quantitative estimate of drug-likeness (QED) is 0.549. The van der Waals surface area contributed by atoms with E-state index in [-0.39, 0.29) is 15.8 Å². The summed E-state index contributed by atoms with van der Waals surface area (Å²) in [5, 5.41) is 21.9. The standard InChI is InChI=1S/C12H19NO3/c1-9-3-10(2)5-11(4-9,13(15)16)8-12(14,6-9)7-10/h14H,3-8H2,1-2H3. The molecule has 4 heteroatoms. The molecule has 2 unspecified atom stereocenters. The smallest absolute Gasteiger partial charge is 0.226 e. The monoisotopic (exact) mass is 225 g/mol. The Balaban J connectivity index is 2.11. The highest BCUT2D eigenvalue weighted by molar-refractivity contribution is 5.16. The molecule has 4 bridgehead atoms. The largest absolute Gasteiger partial charge is 0.390 e. The first-order chi connectivity index (χ1) is 7.19. The Morgan fingerprint density at radius 2 is 1.50 bits per heavy atom. The van der Waals surface area contributed by atoms with E-state index in [0.717, 1.165) is 19.3 Å². The lowest BCUT2D eigenvalue weighted by Gasteiger charge is -2.64. The third-order valence-electron chi connectivity index (χ3n) is 4.92. The minimum Gasteiger partial charge on any atom is -0.390 e. The third-order valence-corrected chi connectivity index (χ3v) is 4.92. The van der Waals surface area contributed by atoms with Gasteiger partial charge in [-0.1, -0.05) is 13.8 Å². The van der Waals surface area contributed by atoms with Crippen molar-refractivity contribution in [3.63, 3.8) is 0 Å². The van der Waals surface area contributed by atoms with Gasteiger partial charge in [0.05, 0.1) is 5.60 Å². The van der Waals surface area contributed by atoms with Crippen LogP contribution in [-0.2, 0) is 0 Å². The van der Waals surface area contributed by atoms with Gasteiger partial charge >= 0.3 is 0 Å². The van der Waals surface area contributed by atoms with Crippen LogP contribution < -0.4 is 0 Å². The molecule has 0 spiro atoms. The van der Waals surface area contributed by atoms with Gasteiger partial charge in [0.2, 0.25) is 5.54 Å². The van der Waals surface area contributed by atoms with Gasteiger partial charge in [0.25, 0.3) is 0 Å². The van der Waals surface area contributed by atoms with E-state index in [0.29, 0.717) is 19.3 Å². The van der Waals surface area contributed by atoms with Crippen molar-refractivity contribution in [2.45, 2.75) is 63.5 Å². The summed E-state index contributed by atoms with van der Waals surface area (Å²) in [4.78, 5) is 11.3. The van der Waals surface area contributed by atoms with Gasteiger partial charge in [0.15, 0.2) is 0 Å². The Kier molecular flexibility index (Phi) is 1.61. The highest BCUT2D eigenvalue weighted by atomic mass is 16.6. The molecule has 4 aliphatic carbocycles. The summed E-state index contributed by atoms with van der Waals surface area (Å²) in [6.07, 6.45) is 4.24. The number of nitro groups is 1. The Labute approximate surface area is 95.2 Å². The van der Waals surface area contributed by atoms with E-state index in [9.17, 15) is 15.2 Å². The minimum atomic E-state index is -0.840. The highest BCUT2D eigenvalue weighted by Gasteiger charge is 2.70. The fourth-order valence-corrected chi connectivity index (χ4v) is 5.76. The number of nitrogens with zero attached hydrogens (tertiary/aromatic N) is 1.